The third-order valence-corrected chi connectivity index (χ3v) is 5.88. The summed E-state index contributed by atoms with van der Waals surface area (Å²) in [6.45, 7) is 3.96. The normalized spacial score (nSPS) is 11.8. The molecule has 0 saturated heterocycles. The number of benzene rings is 3. The van der Waals surface area contributed by atoms with E-state index in [1.807, 2.05) is 32.0 Å². The van der Waals surface area contributed by atoms with E-state index in [2.05, 4.69) is 15.8 Å². The van der Waals surface area contributed by atoms with Gasteiger partial charge in [-0.3, -0.25) is 9.59 Å². The zero-order valence-electron chi connectivity index (χ0n) is 20.1. The smallest absolute Gasteiger partial charge is 0.262 e. The number of halogens is 2. The fraction of sp³-hybridized carbons (Fsp3) is 0.222. The molecular weight excluding hydrogens is 501 g/mol. The van der Waals surface area contributed by atoms with Gasteiger partial charge in [-0.05, 0) is 60.0 Å². The highest BCUT2D eigenvalue weighted by atomic mass is 35.5. The Kier molecular flexibility index (Phi) is 9.73. The maximum absolute atomic E-state index is 12.7. The third-order valence-electron chi connectivity index (χ3n) is 5.26. The number of rotatable bonds is 10. The third kappa shape index (κ3) is 7.47. The molecule has 0 aliphatic heterocycles. The van der Waals surface area contributed by atoms with E-state index in [1.54, 1.807) is 48.5 Å². The number of carbonyl (C=O) groups is 2. The second-order valence-electron chi connectivity index (χ2n) is 8.23. The molecule has 9 heteroatoms. The molecule has 0 aromatic heterocycles. The molecule has 0 heterocycles. The van der Waals surface area contributed by atoms with Crippen molar-refractivity contribution in [3.8, 4) is 11.5 Å². The number of hydrogen-bond donors (Lipinski definition) is 2. The molecule has 188 valence electrons. The Morgan fingerprint density at radius 3 is 2.39 bits per heavy atom. The van der Waals surface area contributed by atoms with Crippen LogP contribution in [0.2, 0.25) is 10.0 Å². The highest BCUT2D eigenvalue weighted by Gasteiger charge is 2.24. The number of carbonyl (C=O) groups excluding carboxylic acids is 2. The maximum Gasteiger partial charge on any atom is 0.262 e. The first kappa shape index (κ1) is 27.0. The Balaban J connectivity index is 1.61. The minimum absolute atomic E-state index is 0.161. The summed E-state index contributed by atoms with van der Waals surface area (Å²) in [5, 5.41) is 7.93. The second kappa shape index (κ2) is 13.0. The fourth-order valence-electron chi connectivity index (χ4n) is 3.26. The molecule has 0 radical (unpaired) electrons. The summed E-state index contributed by atoms with van der Waals surface area (Å²) in [7, 11) is 1.54. The Hall–Kier alpha value is -3.55. The molecular formula is C27H27Cl2N3O4. The van der Waals surface area contributed by atoms with Crippen LogP contribution in [0.25, 0.3) is 0 Å². The summed E-state index contributed by atoms with van der Waals surface area (Å²) < 4.78 is 11.3. The van der Waals surface area contributed by atoms with Crippen LogP contribution < -0.4 is 20.2 Å². The number of amides is 2. The van der Waals surface area contributed by atoms with Crippen LogP contribution in [0.3, 0.4) is 0 Å². The molecule has 1 unspecified atom stereocenters. The van der Waals surface area contributed by atoms with Crippen molar-refractivity contribution in [3.05, 3.63) is 93.5 Å². The van der Waals surface area contributed by atoms with Crippen molar-refractivity contribution in [3.63, 3.8) is 0 Å². The minimum Gasteiger partial charge on any atom is -0.493 e. The van der Waals surface area contributed by atoms with Crippen LogP contribution in [0, 0.1) is 5.92 Å². The first-order valence-corrected chi connectivity index (χ1v) is 12.0. The number of hydrogen-bond acceptors (Lipinski definition) is 5. The molecule has 0 aliphatic carbocycles. The zero-order chi connectivity index (χ0) is 26.1. The van der Waals surface area contributed by atoms with E-state index in [-0.39, 0.29) is 18.4 Å². The van der Waals surface area contributed by atoms with Gasteiger partial charge in [-0.2, -0.15) is 5.10 Å². The first-order chi connectivity index (χ1) is 17.3. The molecule has 3 aromatic carbocycles. The summed E-state index contributed by atoms with van der Waals surface area (Å²) in [5.41, 5.74) is 4.44. The number of methoxy groups -OCH3 is 1. The van der Waals surface area contributed by atoms with Crippen LogP contribution in [0.5, 0.6) is 11.5 Å². The van der Waals surface area contributed by atoms with E-state index in [0.29, 0.717) is 32.7 Å². The Morgan fingerprint density at radius 1 is 1.00 bits per heavy atom. The van der Waals surface area contributed by atoms with Crippen LogP contribution in [-0.2, 0) is 11.4 Å². The van der Waals surface area contributed by atoms with E-state index in [0.717, 1.165) is 5.56 Å². The van der Waals surface area contributed by atoms with Gasteiger partial charge < -0.3 is 14.8 Å². The molecule has 0 spiro atoms. The summed E-state index contributed by atoms with van der Waals surface area (Å²) in [6.07, 6.45) is 1.48. The van der Waals surface area contributed by atoms with Crippen LogP contribution in [0.15, 0.2) is 71.8 Å². The molecule has 2 N–H and O–H groups in total. The monoisotopic (exact) mass is 527 g/mol. The molecule has 0 saturated carbocycles. The van der Waals surface area contributed by atoms with Crippen molar-refractivity contribution < 1.29 is 19.1 Å². The van der Waals surface area contributed by atoms with Crippen LogP contribution in [0.4, 0.5) is 0 Å². The van der Waals surface area contributed by atoms with Gasteiger partial charge in [0, 0.05) is 21.2 Å². The molecule has 0 aliphatic rings. The summed E-state index contributed by atoms with van der Waals surface area (Å²) in [5.74, 6) is 0.0823. The average Bonchev–Trinajstić information content (AvgIpc) is 2.87. The Bertz CT molecular complexity index is 1230. The van der Waals surface area contributed by atoms with Crippen molar-refractivity contribution in [2.24, 2.45) is 11.0 Å². The number of nitrogens with zero attached hydrogens (tertiary/aromatic N) is 1. The lowest BCUT2D eigenvalue weighted by Crippen LogP contribution is -2.48. The van der Waals surface area contributed by atoms with E-state index in [1.165, 1.54) is 13.3 Å². The number of hydrazone groups is 1. The van der Waals surface area contributed by atoms with Crippen molar-refractivity contribution in [1.82, 2.24) is 10.7 Å². The summed E-state index contributed by atoms with van der Waals surface area (Å²) in [6, 6.07) is 18.4. The molecule has 36 heavy (non-hydrogen) atoms. The van der Waals surface area contributed by atoms with Gasteiger partial charge in [-0.1, -0.05) is 55.2 Å². The first-order valence-electron chi connectivity index (χ1n) is 11.2. The van der Waals surface area contributed by atoms with Gasteiger partial charge in [-0.25, -0.2) is 5.43 Å². The van der Waals surface area contributed by atoms with E-state index in [9.17, 15) is 9.59 Å². The van der Waals surface area contributed by atoms with Crippen LogP contribution in [0.1, 0.15) is 35.3 Å². The molecule has 2 amide bonds. The number of ether oxygens (including phenoxy) is 2. The van der Waals surface area contributed by atoms with E-state index < -0.39 is 11.9 Å². The highest BCUT2D eigenvalue weighted by molar-refractivity contribution is 6.31. The molecule has 1 atom stereocenters. The van der Waals surface area contributed by atoms with Crippen molar-refractivity contribution in [2.75, 3.05) is 7.11 Å². The largest absolute Gasteiger partial charge is 0.493 e. The minimum atomic E-state index is -0.777. The van der Waals surface area contributed by atoms with Gasteiger partial charge in [0.25, 0.3) is 11.8 Å². The van der Waals surface area contributed by atoms with Gasteiger partial charge in [0.15, 0.2) is 11.5 Å². The van der Waals surface area contributed by atoms with Gasteiger partial charge in [0.05, 0.1) is 13.3 Å². The summed E-state index contributed by atoms with van der Waals surface area (Å²) >= 11 is 12.1. The predicted molar refractivity (Wildman–Crippen MR) is 142 cm³/mol. The van der Waals surface area contributed by atoms with Crippen molar-refractivity contribution in [1.29, 1.82) is 0 Å². The molecule has 7 nitrogen and oxygen atoms in total. The highest BCUT2D eigenvalue weighted by Crippen LogP contribution is 2.29. The van der Waals surface area contributed by atoms with E-state index in [4.69, 9.17) is 32.7 Å². The van der Waals surface area contributed by atoms with Crippen LogP contribution >= 0.6 is 23.2 Å². The Morgan fingerprint density at radius 2 is 1.72 bits per heavy atom. The second-order valence-corrected chi connectivity index (χ2v) is 9.07. The quantitative estimate of drug-likeness (QED) is 0.269. The molecule has 3 rings (SSSR count). The van der Waals surface area contributed by atoms with Crippen molar-refractivity contribution >= 4 is 41.2 Å². The van der Waals surface area contributed by atoms with Gasteiger partial charge in [0.1, 0.15) is 12.6 Å². The standard InChI is InChI=1S/C27H27Cl2N3O4/c1-17(2)25(31-26(33)19-9-11-21(28)12-10-19)27(34)32-30-15-18-8-13-23(24(14-18)35-3)36-16-20-6-4-5-7-22(20)29/h4-15,17,25H,16H2,1-3H3,(H,31,33)(H,32,34). The lowest BCUT2D eigenvalue weighted by atomic mass is 10.0. The molecule has 0 fully saturated rings. The lowest BCUT2D eigenvalue weighted by molar-refractivity contribution is -0.123. The lowest BCUT2D eigenvalue weighted by Gasteiger charge is -2.20. The average molecular weight is 528 g/mol. The molecule has 3 aromatic rings. The van der Waals surface area contributed by atoms with E-state index >= 15 is 0 Å². The topological polar surface area (TPSA) is 89.0 Å². The predicted octanol–water partition coefficient (Wildman–Crippen LogP) is 5.49. The van der Waals surface area contributed by atoms with Gasteiger partial charge in [-0.15, -0.1) is 0 Å². The SMILES string of the molecule is COc1cc(C=NNC(=O)C(NC(=O)c2ccc(Cl)cc2)C(C)C)ccc1OCc1ccccc1Cl. The maximum atomic E-state index is 12.7. The van der Waals surface area contributed by atoms with Gasteiger partial charge >= 0.3 is 0 Å². The Labute approximate surface area is 220 Å². The summed E-state index contributed by atoms with van der Waals surface area (Å²) in [4.78, 5) is 25.2. The molecule has 0 bridgehead atoms. The number of nitrogens with one attached hydrogen (secondary N) is 2. The van der Waals surface area contributed by atoms with Gasteiger partial charge in [0.2, 0.25) is 0 Å². The fourth-order valence-corrected chi connectivity index (χ4v) is 3.57. The zero-order valence-corrected chi connectivity index (χ0v) is 21.6. The van der Waals surface area contributed by atoms with Crippen LogP contribution in [-0.4, -0.2) is 31.2 Å². The van der Waals surface area contributed by atoms with Crippen molar-refractivity contribution in [2.45, 2.75) is 26.5 Å².